The molecule has 0 spiro atoms. The Morgan fingerprint density at radius 3 is 2.32 bits per heavy atom. The van der Waals surface area contributed by atoms with E-state index < -0.39 is 11.4 Å². The number of rotatable bonds is 2. The molecular formula is C30H48O4. The van der Waals surface area contributed by atoms with Crippen molar-refractivity contribution in [1.82, 2.24) is 0 Å². The molecule has 34 heavy (non-hydrogen) atoms. The largest absolute Gasteiger partial charge is 0.481 e. The van der Waals surface area contributed by atoms with E-state index in [4.69, 9.17) is 0 Å². The summed E-state index contributed by atoms with van der Waals surface area (Å²) in [5.41, 5.74) is 0.501. The Hall–Kier alpha value is -0.870. The summed E-state index contributed by atoms with van der Waals surface area (Å²) in [6.45, 7) is 14.2. The minimum absolute atomic E-state index is 0.0296. The second-order valence-electron chi connectivity index (χ2n) is 14.4. The van der Waals surface area contributed by atoms with E-state index in [2.05, 4.69) is 47.6 Å². The Balaban J connectivity index is 1.63. The van der Waals surface area contributed by atoms with Gasteiger partial charge in [-0.15, -0.1) is 0 Å². The molecule has 0 aromatic carbocycles. The average molecular weight is 473 g/mol. The van der Waals surface area contributed by atoms with Crippen LogP contribution in [0.15, 0.2) is 11.6 Å². The molecule has 3 N–H and O–H groups in total. The molecule has 10 atom stereocenters. The predicted octanol–water partition coefficient (Wildman–Crippen LogP) is 6.06. The molecule has 0 amide bonds. The van der Waals surface area contributed by atoms with Gasteiger partial charge in [0.05, 0.1) is 11.5 Å². The first-order chi connectivity index (χ1) is 15.8. The summed E-state index contributed by atoms with van der Waals surface area (Å²) in [7, 11) is 0. The summed E-state index contributed by atoms with van der Waals surface area (Å²) in [6.07, 6.45) is 10.5. The van der Waals surface area contributed by atoms with Gasteiger partial charge in [-0.25, -0.2) is 0 Å². The Morgan fingerprint density at radius 1 is 0.971 bits per heavy atom. The average Bonchev–Trinajstić information content (AvgIpc) is 2.78. The van der Waals surface area contributed by atoms with Crippen LogP contribution in [0.25, 0.3) is 0 Å². The zero-order valence-corrected chi connectivity index (χ0v) is 22.4. The van der Waals surface area contributed by atoms with Gasteiger partial charge >= 0.3 is 5.97 Å². The maximum Gasteiger partial charge on any atom is 0.310 e. The van der Waals surface area contributed by atoms with Crippen LogP contribution >= 0.6 is 0 Å². The molecular weight excluding hydrogens is 424 g/mol. The highest BCUT2D eigenvalue weighted by atomic mass is 16.4. The van der Waals surface area contributed by atoms with Crippen molar-refractivity contribution in [2.75, 3.05) is 6.61 Å². The van der Waals surface area contributed by atoms with E-state index in [-0.39, 0.29) is 40.3 Å². The third kappa shape index (κ3) is 2.76. The van der Waals surface area contributed by atoms with Gasteiger partial charge in [0.2, 0.25) is 0 Å². The first kappa shape index (κ1) is 24.8. The molecule has 4 heteroatoms. The second-order valence-corrected chi connectivity index (χ2v) is 14.4. The minimum atomic E-state index is -0.608. The van der Waals surface area contributed by atoms with Crippen LogP contribution in [0.3, 0.4) is 0 Å². The summed E-state index contributed by atoms with van der Waals surface area (Å²) in [5.74, 6) is 1.16. The lowest BCUT2D eigenvalue weighted by Crippen LogP contribution is -2.67. The normalized spacial score (nSPS) is 54.1. The highest BCUT2D eigenvalue weighted by Gasteiger charge is 2.70. The molecule has 5 rings (SSSR count). The molecule has 0 saturated heterocycles. The third-order valence-electron chi connectivity index (χ3n) is 13.4. The molecule has 4 fully saturated rings. The number of hydrogen-bond donors (Lipinski definition) is 3. The highest BCUT2D eigenvalue weighted by molar-refractivity contribution is 5.76. The zero-order chi connectivity index (χ0) is 24.9. The monoisotopic (exact) mass is 472 g/mol. The van der Waals surface area contributed by atoms with Crippen molar-refractivity contribution in [3.8, 4) is 0 Å². The van der Waals surface area contributed by atoms with Gasteiger partial charge in [-0.05, 0) is 104 Å². The molecule has 0 bridgehead atoms. The zero-order valence-electron chi connectivity index (χ0n) is 22.4. The standard InChI is InChI=1S/C30H48O4/c1-18-9-13-29(25(33)34)16-15-27(5)20(24(29)19(18)2)7-8-22-28(27,6)12-10-21-26(3,4)23(32)11-14-30(21,22)17-31/h7,18-19,21-24,31-32H,8-17H2,1-6H3,(H,33,34)/t18-,19+,21+,22+,23-,24+,27-,28-,29+,30-/m1/s1. The quantitative estimate of drug-likeness (QED) is 0.427. The lowest BCUT2D eigenvalue weighted by Gasteiger charge is -2.71. The van der Waals surface area contributed by atoms with Crippen LogP contribution < -0.4 is 0 Å². The number of carboxylic acids is 1. The third-order valence-corrected chi connectivity index (χ3v) is 13.4. The number of hydrogen-bond acceptors (Lipinski definition) is 3. The van der Waals surface area contributed by atoms with Crippen LogP contribution in [0, 0.1) is 56.7 Å². The second kappa shape index (κ2) is 7.57. The molecule has 5 aliphatic carbocycles. The summed E-state index contributed by atoms with van der Waals surface area (Å²) < 4.78 is 0. The van der Waals surface area contributed by atoms with E-state index in [0.29, 0.717) is 23.7 Å². The van der Waals surface area contributed by atoms with Crippen molar-refractivity contribution in [3.63, 3.8) is 0 Å². The summed E-state index contributed by atoms with van der Waals surface area (Å²) in [6, 6.07) is 0. The van der Waals surface area contributed by atoms with Crippen LogP contribution in [0.5, 0.6) is 0 Å². The number of aliphatic hydroxyl groups excluding tert-OH is 2. The molecule has 5 aliphatic rings. The van der Waals surface area contributed by atoms with Gasteiger partial charge in [-0.3, -0.25) is 4.79 Å². The fourth-order valence-corrected chi connectivity index (χ4v) is 10.8. The van der Waals surface area contributed by atoms with Crippen molar-refractivity contribution in [1.29, 1.82) is 0 Å². The van der Waals surface area contributed by atoms with Crippen LogP contribution in [0.4, 0.5) is 0 Å². The Bertz CT molecular complexity index is 892. The van der Waals surface area contributed by atoms with Crippen LogP contribution in [0.1, 0.15) is 99.3 Å². The van der Waals surface area contributed by atoms with E-state index in [1.165, 1.54) is 5.57 Å². The number of allylic oxidation sites excluding steroid dienone is 2. The van der Waals surface area contributed by atoms with Gasteiger partial charge < -0.3 is 15.3 Å². The van der Waals surface area contributed by atoms with Gasteiger partial charge in [0.15, 0.2) is 0 Å². The predicted molar refractivity (Wildman–Crippen MR) is 134 cm³/mol. The number of carboxylic acid groups (broad SMARTS) is 1. The summed E-state index contributed by atoms with van der Waals surface area (Å²) >= 11 is 0. The molecule has 0 radical (unpaired) electrons. The molecule has 4 saturated carbocycles. The van der Waals surface area contributed by atoms with E-state index in [0.717, 1.165) is 57.8 Å². The van der Waals surface area contributed by atoms with Crippen molar-refractivity contribution < 1.29 is 20.1 Å². The number of aliphatic carboxylic acids is 1. The maximum absolute atomic E-state index is 12.8. The van der Waals surface area contributed by atoms with E-state index >= 15 is 0 Å². The molecule has 0 aromatic rings. The number of fused-ring (bicyclic) bond motifs is 7. The van der Waals surface area contributed by atoms with Crippen LogP contribution in [-0.4, -0.2) is 34.0 Å². The summed E-state index contributed by atoms with van der Waals surface area (Å²) in [4.78, 5) is 12.8. The lowest BCUT2D eigenvalue weighted by molar-refractivity contribution is -0.223. The Morgan fingerprint density at radius 2 is 1.68 bits per heavy atom. The number of carbonyl (C=O) groups is 1. The molecule has 0 aromatic heterocycles. The molecule has 0 heterocycles. The molecule has 4 nitrogen and oxygen atoms in total. The molecule has 0 aliphatic heterocycles. The van der Waals surface area contributed by atoms with Gasteiger partial charge in [0.25, 0.3) is 0 Å². The van der Waals surface area contributed by atoms with Gasteiger partial charge in [-0.2, -0.15) is 0 Å². The van der Waals surface area contributed by atoms with Crippen molar-refractivity contribution in [3.05, 3.63) is 11.6 Å². The number of aliphatic hydroxyl groups is 2. The first-order valence-corrected chi connectivity index (χ1v) is 14.0. The highest BCUT2D eigenvalue weighted by Crippen LogP contribution is 2.75. The fourth-order valence-electron chi connectivity index (χ4n) is 10.8. The van der Waals surface area contributed by atoms with Gasteiger partial charge in [-0.1, -0.05) is 53.2 Å². The van der Waals surface area contributed by atoms with Crippen molar-refractivity contribution in [2.24, 2.45) is 56.7 Å². The summed E-state index contributed by atoms with van der Waals surface area (Å²) in [5, 5.41) is 32.5. The Labute approximate surface area is 206 Å². The van der Waals surface area contributed by atoms with Crippen molar-refractivity contribution >= 4 is 5.97 Å². The van der Waals surface area contributed by atoms with Crippen molar-refractivity contribution in [2.45, 2.75) is 105 Å². The Kier molecular flexibility index (Phi) is 5.52. The van der Waals surface area contributed by atoms with E-state index in [9.17, 15) is 20.1 Å². The fraction of sp³-hybridized carbons (Fsp3) is 0.900. The smallest absolute Gasteiger partial charge is 0.310 e. The molecule has 0 unspecified atom stereocenters. The van der Waals surface area contributed by atoms with Crippen LogP contribution in [-0.2, 0) is 4.79 Å². The minimum Gasteiger partial charge on any atom is -0.481 e. The van der Waals surface area contributed by atoms with Crippen LogP contribution in [0.2, 0.25) is 0 Å². The van der Waals surface area contributed by atoms with Gasteiger partial charge in [0, 0.05) is 12.0 Å². The topological polar surface area (TPSA) is 77.8 Å². The van der Waals surface area contributed by atoms with E-state index in [1.54, 1.807) is 0 Å². The first-order valence-electron chi connectivity index (χ1n) is 14.0. The van der Waals surface area contributed by atoms with E-state index in [1.807, 2.05) is 0 Å². The SMILES string of the molecule is C[C@H]1[C@H](C)CC[C@]2(C(=O)O)CC[C@]3(C)C(=CC[C@@H]4[C@@]5(CO)CC[C@@H](O)C(C)(C)[C@@H]5CC[C@]43C)[C@H]12. The molecule has 192 valence electrons. The lowest BCUT2D eigenvalue weighted by atomic mass is 9.33. The maximum atomic E-state index is 12.8. The van der Waals surface area contributed by atoms with Gasteiger partial charge in [0.1, 0.15) is 0 Å².